The Bertz CT molecular complexity index is 380. The molecule has 1 aliphatic rings. The molecule has 1 atom stereocenters. The normalized spacial score (nSPS) is 20.8. The lowest BCUT2D eigenvalue weighted by Gasteiger charge is -2.34. The van der Waals surface area contributed by atoms with Crippen LogP contribution >= 0.6 is 0 Å². The molecule has 2 rings (SSSR count). The summed E-state index contributed by atoms with van der Waals surface area (Å²) in [6.07, 6.45) is 2.12. The van der Waals surface area contributed by atoms with Crippen molar-refractivity contribution in [3.8, 4) is 0 Å². The number of nitrogens with zero attached hydrogens (tertiary/aromatic N) is 1. The summed E-state index contributed by atoms with van der Waals surface area (Å²) in [5.41, 5.74) is 6.77. The third-order valence-electron chi connectivity index (χ3n) is 3.44. The Hall–Kier alpha value is -1.39. The molecule has 4 heteroatoms. The number of carbonyl (C=O) groups is 1. The zero-order valence-corrected chi connectivity index (χ0v) is 10.6. The number of nitrogens with two attached hydrogens (primary N) is 1. The van der Waals surface area contributed by atoms with Crippen molar-refractivity contribution in [3.63, 3.8) is 0 Å². The maximum atomic E-state index is 11.3. The number of benzene rings is 1. The second kappa shape index (κ2) is 6.52. The molecule has 0 bridgehead atoms. The van der Waals surface area contributed by atoms with Crippen molar-refractivity contribution in [1.82, 2.24) is 10.2 Å². The summed E-state index contributed by atoms with van der Waals surface area (Å²) in [4.78, 5) is 13.5. The van der Waals surface area contributed by atoms with Crippen LogP contribution in [0.5, 0.6) is 0 Å². The van der Waals surface area contributed by atoms with Crippen molar-refractivity contribution in [2.24, 2.45) is 5.73 Å². The maximum Gasteiger partial charge on any atom is 0.236 e. The van der Waals surface area contributed by atoms with E-state index in [1.54, 1.807) is 0 Å². The van der Waals surface area contributed by atoms with E-state index in [1.165, 1.54) is 5.56 Å². The average molecular weight is 247 g/mol. The zero-order valence-electron chi connectivity index (χ0n) is 10.6. The highest BCUT2D eigenvalue weighted by Crippen LogP contribution is 2.07. The number of hydrogen-bond acceptors (Lipinski definition) is 3. The van der Waals surface area contributed by atoms with Crippen LogP contribution in [0.3, 0.4) is 0 Å². The molecule has 0 aromatic heterocycles. The molecule has 1 unspecified atom stereocenters. The van der Waals surface area contributed by atoms with Gasteiger partial charge in [0.05, 0.1) is 0 Å². The first-order valence-electron chi connectivity index (χ1n) is 6.55. The van der Waals surface area contributed by atoms with E-state index in [0.29, 0.717) is 6.54 Å². The molecule has 1 aromatic rings. The summed E-state index contributed by atoms with van der Waals surface area (Å²) >= 11 is 0. The Balaban J connectivity index is 1.79. The van der Waals surface area contributed by atoms with Gasteiger partial charge in [-0.1, -0.05) is 30.3 Å². The summed E-state index contributed by atoms with van der Waals surface area (Å²) in [6, 6.07) is 10.3. The second-order valence-corrected chi connectivity index (χ2v) is 4.75. The van der Waals surface area contributed by atoms with Crippen molar-refractivity contribution >= 4 is 5.91 Å². The van der Waals surface area contributed by atoms with Gasteiger partial charge in [-0.25, -0.2) is 0 Å². The van der Waals surface area contributed by atoms with E-state index in [9.17, 15) is 4.79 Å². The molecule has 1 aromatic carbocycles. The summed E-state index contributed by atoms with van der Waals surface area (Å²) < 4.78 is 0. The van der Waals surface area contributed by atoms with Crippen LogP contribution in [0.15, 0.2) is 30.3 Å². The standard InChI is InChI=1S/C14H21N3O/c15-14(18)13-11-16-8-10-17(13)9-4-7-12-5-2-1-3-6-12/h1-3,5-6,13,16H,4,7-11H2,(H2,15,18). The first-order chi connectivity index (χ1) is 8.77. The fourth-order valence-corrected chi connectivity index (χ4v) is 2.43. The van der Waals surface area contributed by atoms with Crippen molar-refractivity contribution in [2.45, 2.75) is 18.9 Å². The van der Waals surface area contributed by atoms with Gasteiger partial charge in [0, 0.05) is 19.6 Å². The van der Waals surface area contributed by atoms with Crippen LogP contribution in [0.2, 0.25) is 0 Å². The average Bonchev–Trinajstić information content (AvgIpc) is 2.40. The molecule has 0 saturated carbocycles. The number of primary amides is 1. The fourth-order valence-electron chi connectivity index (χ4n) is 2.43. The van der Waals surface area contributed by atoms with Gasteiger partial charge in [0.1, 0.15) is 6.04 Å². The van der Waals surface area contributed by atoms with Crippen LogP contribution in [0.25, 0.3) is 0 Å². The van der Waals surface area contributed by atoms with E-state index < -0.39 is 0 Å². The number of carbonyl (C=O) groups excluding carboxylic acids is 1. The van der Waals surface area contributed by atoms with Crippen LogP contribution in [0, 0.1) is 0 Å². The van der Waals surface area contributed by atoms with Gasteiger partial charge in [0.25, 0.3) is 0 Å². The van der Waals surface area contributed by atoms with Gasteiger partial charge in [-0.05, 0) is 24.9 Å². The van der Waals surface area contributed by atoms with Crippen LogP contribution in [-0.4, -0.2) is 43.0 Å². The molecule has 4 nitrogen and oxygen atoms in total. The number of nitrogens with one attached hydrogen (secondary N) is 1. The Labute approximate surface area is 108 Å². The lowest BCUT2D eigenvalue weighted by Crippen LogP contribution is -2.57. The molecule has 18 heavy (non-hydrogen) atoms. The zero-order chi connectivity index (χ0) is 12.8. The molecule has 0 aliphatic carbocycles. The number of hydrogen-bond donors (Lipinski definition) is 2. The molecular weight excluding hydrogens is 226 g/mol. The van der Waals surface area contributed by atoms with E-state index in [2.05, 4.69) is 34.5 Å². The van der Waals surface area contributed by atoms with Crippen LogP contribution < -0.4 is 11.1 Å². The smallest absolute Gasteiger partial charge is 0.236 e. The van der Waals surface area contributed by atoms with E-state index in [-0.39, 0.29) is 11.9 Å². The summed E-state index contributed by atoms with van der Waals surface area (Å²) in [7, 11) is 0. The fraction of sp³-hybridized carbons (Fsp3) is 0.500. The lowest BCUT2D eigenvalue weighted by molar-refractivity contribution is -0.123. The van der Waals surface area contributed by atoms with Gasteiger partial charge < -0.3 is 11.1 Å². The number of amides is 1. The predicted molar refractivity (Wildman–Crippen MR) is 72.2 cm³/mol. The number of rotatable bonds is 5. The quantitative estimate of drug-likeness (QED) is 0.791. The SMILES string of the molecule is NC(=O)C1CNCCN1CCCc1ccccc1. The summed E-state index contributed by atoms with van der Waals surface area (Å²) in [5.74, 6) is -0.220. The molecule has 1 fully saturated rings. The monoisotopic (exact) mass is 247 g/mol. The minimum atomic E-state index is -0.220. The van der Waals surface area contributed by atoms with Gasteiger partial charge in [-0.2, -0.15) is 0 Å². The molecule has 1 aliphatic heterocycles. The summed E-state index contributed by atoms with van der Waals surface area (Å²) in [6.45, 7) is 3.46. The van der Waals surface area contributed by atoms with Gasteiger partial charge in [0.2, 0.25) is 5.91 Å². The van der Waals surface area contributed by atoms with Crippen molar-refractivity contribution in [2.75, 3.05) is 26.2 Å². The van der Waals surface area contributed by atoms with Crippen LogP contribution in [-0.2, 0) is 11.2 Å². The van der Waals surface area contributed by atoms with Crippen molar-refractivity contribution in [3.05, 3.63) is 35.9 Å². The largest absolute Gasteiger partial charge is 0.368 e. The topological polar surface area (TPSA) is 58.4 Å². The highest BCUT2D eigenvalue weighted by Gasteiger charge is 2.25. The molecule has 1 saturated heterocycles. The molecule has 98 valence electrons. The molecule has 1 amide bonds. The van der Waals surface area contributed by atoms with Gasteiger partial charge in [0.15, 0.2) is 0 Å². The second-order valence-electron chi connectivity index (χ2n) is 4.75. The Kier molecular flexibility index (Phi) is 4.73. The highest BCUT2D eigenvalue weighted by molar-refractivity contribution is 5.80. The van der Waals surface area contributed by atoms with Crippen molar-refractivity contribution in [1.29, 1.82) is 0 Å². The highest BCUT2D eigenvalue weighted by atomic mass is 16.1. The van der Waals surface area contributed by atoms with Crippen LogP contribution in [0.4, 0.5) is 0 Å². The van der Waals surface area contributed by atoms with E-state index in [0.717, 1.165) is 32.5 Å². The van der Waals surface area contributed by atoms with E-state index in [1.807, 2.05) is 6.07 Å². The van der Waals surface area contributed by atoms with E-state index in [4.69, 9.17) is 5.73 Å². The number of aryl methyl sites for hydroxylation is 1. The molecule has 0 radical (unpaired) electrons. The Morgan fingerprint density at radius 3 is 2.89 bits per heavy atom. The Morgan fingerprint density at radius 1 is 1.39 bits per heavy atom. The third-order valence-corrected chi connectivity index (χ3v) is 3.44. The Morgan fingerprint density at radius 2 is 2.17 bits per heavy atom. The molecule has 1 heterocycles. The van der Waals surface area contributed by atoms with E-state index >= 15 is 0 Å². The molecule has 0 spiro atoms. The third kappa shape index (κ3) is 3.55. The molecule has 3 N–H and O–H groups in total. The van der Waals surface area contributed by atoms with Gasteiger partial charge in [-0.15, -0.1) is 0 Å². The first kappa shape index (κ1) is 13.1. The minimum Gasteiger partial charge on any atom is -0.368 e. The van der Waals surface area contributed by atoms with Crippen LogP contribution in [0.1, 0.15) is 12.0 Å². The summed E-state index contributed by atoms with van der Waals surface area (Å²) in [5, 5.41) is 3.21. The van der Waals surface area contributed by atoms with Crippen molar-refractivity contribution < 1.29 is 4.79 Å². The number of piperazine rings is 1. The molecular formula is C14H21N3O. The van der Waals surface area contributed by atoms with Gasteiger partial charge in [-0.3, -0.25) is 9.69 Å². The maximum absolute atomic E-state index is 11.3. The lowest BCUT2D eigenvalue weighted by atomic mass is 10.1. The predicted octanol–water partition coefficient (Wildman–Crippen LogP) is 0.378. The van der Waals surface area contributed by atoms with Gasteiger partial charge >= 0.3 is 0 Å². The first-order valence-corrected chi connectivity index (χ1v) is 6.55. The minimum absolute atomic E-state index is 0.144.